The van der Waals surface area contributed by atoms with Crippen molar-refractivity contribution in [3.8, 4) is 0 Å². The standard InChI is InChI=1S/2C15H32O4S.K.Na/c2*1-2-3-4-5-6-7-8-9-10-11-12-13-14-15-19-20(16,17)18;;/h2*2-15H2,1H3,(H,16,17,18);;/q;;2*+1/p-2. The molecule has 0 bridgehead atoms. The van der Waals surface area contributed by atoms with Crippen molar-refractivity contribution in [2.75, 3.05) is 13.2 Å². The zero-order valence-electron chi connectivity index (χ0n) is 27.9. The van der Waals surface area contributed by atoms with Crippen molar-refractivity contribution in [3.05, 3.63) is 0 Å². The molecular formula is C30H62KNaO8S2. The summed E-state index contributed by atoms with van der Waals surface area (Å²) in [6.07, 6.45) is 31.9. The van der Waals surface area contributed by atoms with Gasteiger partial charge >= 0.3 is 80.9 Å². The van der Waals surface area contributed by atoms with Crippen molar-refractivity contribution in [1.29, 1.82) is 0 Å². The molecule has 42 heavy (non-hydrogen) atoms. The zero-order valence-corrected chi connectivity index (χ0v) is 34.6. The molecule has 0 aromatic heterocycles. The van der Waals surface area contributed by atoms with Crippen LogP contribution in [0.1, 0.15) is 181 Å². The molecule has 0 N–H and O–H groups in total. The van der Waals surface area contributed by atoms with Crippen molar-refractivity contribution < 1.29 is 115 Å². The van der Waals surface area contributed by atoms with Crippen LogP contribution >= 0.6 is 0 Å². The summed E-state index contributed by atoms with van der Waals surface area (Å²) in [4.78, 5) is 0. The van der Waals surface area contributed by atoms with Gasteiger partial charge in [0.15, 0.2) is 0 Å². The van der Waals surface area contributed by atoms with Crippen molar-refractivity contribution in [1.82, 2.24) is 0 Å². The van der Waals surface area contributed by atoms with E-state index < -0.39 is 20.8 Å². The number of hydrogen-bond acceptors (Lipinski definition) is 8. The summed E-state index contributed by atoms with van der Waals surface area (Å²) in [5.41, 5.74) is 0. The second-order valence-corrected chi connectivity index (χ2v) is 13.1. The van der Waals surface area contributed by atoms with Gasteiger partial charge in [-0.15, -0.1) is 0 Å². The average Bonchev–Trinajstić information content (AvgIpc) is 2.88. The minimum atomic E-state index is -4.49. The Kier molecular flexibility index (Phi) is 48.2. The molecule has 0 fully saturated rings. The number of unbranched alkanes of at least 4 members (excludes halogenated alkanes) is 24. The van der Waals surface area contributed by atoms with E-state index in [0.29, 0.717) is 12.8 Å². The summed E-state index contributed by atoms with van der Waals surface area (Å²) in [5.74, 6) is 0. The van der Waals surface area contributed by atoms with E-state index in [4.69, 9.17) is 0 Å². The number of hydrogen-bond donors (Lipinski definition) is 0. The van der Waals surface area contributed by atoms with Gasteiger partial charge in [0.25, 0.3) is 0 Å². The third-order valence-corrected chi connectivity index (χ3v) is 7.86. The molecule has 0 unspecified atom stereocenters. The maximum absolute atomic E-state index is 10.2. The molecule has 0 saturated heterocycles. The summed E-state index contributed by atoms with van der Waals surface area (Å²) in [6, 6.07) is 0. The van der Waals surface area contributed by atoms with Crippen LogP contribution in [-0.4, -0.2) is 39.2 Å². The summed E-state index contributed by atoms with van der Waals surface area (Å²) < 4.78 is 69.3. The largest absolute Gasteiger partial charge is 1.00 e. The molecule has 0 aliphatic rings. The Morgan fingerprint density at radius 3 is 0.714 bits per heavy atom. The molecule has 0 heterocycles. The molecule has 8 nitrogen and oxygen atoms in total. The third kappa shape index (κ3) is 54.8. The van der Waals surface area contributed by atoms with Gasteiger partial charge in [-0.3, -0.25) is 8.37 Å². The van der Waals surface area contributed by atoms with Gasteiger partial charge in [-0.1, -0.05) is 168 Å². The van der Waals surface area contributed by atoms with E-state index in [9.17, 15) is 25.9 Å². The fraction of sp³-hybridized carbons (Fsp3) is 1.00. The van der Waals surface area contributed by atoms with Crippen LogP contribution in [0.25, 0.3) is 0 Å². The van der Waals surface area contributed by atoms with Gasteiger partial charge in [0.05, 0.1) is 13.2 Å². The third-order valence-electron chi connectivity index (χ3n) is 6.95. The van der Waals surface area contributed by atoms with Crippen LogP contribution in [0.15, 0.2) is 0 Å². The Morgan fingerprint density at radius 2 is 0.548 bits per heavy atom. The van der Waals surface area contributed by atoms with Crippen molar-refractivity contribution in [3.63, 3.8) is 0 Å². The Morgan fingerprint density at radius 1 is 0.381 bits per heavy atom. The Balaban J connectivity index is -0.000000328. The first-order valence-electron chi connectivity index (χ1n) is 16.3. The quantitative estimate of drug-likeness (QED) is 0.0491. The SMILES string of the molecule is CCCCCCCCCCCCCCCOS(=O)(=O)[O-].CCCCCCCCCCCCCCCOS(=O)(=O)[O-].[K+].[Na+]. The van der Waals surface area contributed by atoms with Gasteiger partial charge < -0.3 is 9.11 Å². The van der Waals surface area contributed by atoms with Gasteiger partial charge in [0.1, 0.15) is 0 Å². The first kappa shape index (κ1) is 51.2. The normalized spacial score (nSPS) is 11.3. The van der Waals surface area contributed by atoms with Crippen LogP contribution in [0, 0.1) is 0 Å². The van der Waals surface area contributed by atoms with E-state index in [1.165, 1.54) is 128 Å². The minimum Gasteiger partial charge on any atom is -0.726 e. The maximum Gasteiger partial charge on any atom is 1.00 e. The zero-order chi connectivity index (χ0) is 30.2. The predicted octanol–water partition coefficient (Wildman–Crippen LogP) is 3.12. The van der Waals surface area contributed by atoms with E-state index in [-0.39, 0.29) is 94.2 Å². The van der Waals surface area contributed by atoms with Crippen LogP contribution in [0.5, 0.6) is 0 Å². The Labute approximate surface area is 326 Å². The van der Waals surface area contributed by atoms with Gasteiger partial charge in [-0.05, 0) is 12.8 Å². The molecule has 0 aliphatic carbocycles. The van der Waals surface area contributed by atoms with Crippen molar-refractivity contribution in [2.24, 2.45) is 0 Å². The molecule has 0 radical (unpaired) electrons. The molecule has 244 valence electrons. The fourth-order valence-corrected chi connectivity index (χ4v) is 5.21. The second-order valence-electron chi connectivity index (χ2n) is 10.9. The van der Waals surface area contributed by atoms with Gasteiger partial charge in [0, 0.05) is 0 Å². The van der Waals surface area contributed by atoms with Gasteiger partial charge in [0.2, 0.25) is 20.8 Å². The molecule has 0 amide bonds. The summed E-state index contributed by atoms with van der Waals surface area (Å²) in [7, 11) is -8.98. The monoisotopic (exact) mass is 676 g/mol. The first-order valence-corrected chi connectivity index (χ1v) is 19.0. The molecule has 0 saturated carbocycles. The molecule has 12 heteroatoms. The van der Waals surface area contributed by atoms with Crippen LogP contribution in [0.2, 0.25) is 0 Å². The molecule has 0 atom stereocenters. The maximum atomic E-state index is 10.2. The minimum absolute atomic E-state index is 0. The van der Waals surface area contributed by atoms with Crippen LogP contribution < -0.4 is 80.9 Å². The van der Waals surface area contributed by atoms with E-state index in [2.05, 4.69) is 22.2 Å². The van der Waals surface area contributed by atoms with Crippen LogP contribution in [0.3, 0.4) is 0 Å². The van der Waals surface area contributed by atoms with Crippen LogP contribution in [0.4, 0.5) is 0 Å². The summed E-state index contributed by atoms with van der Waals surface area (Å²) >= 11 is 0. The average molecular weight is 677 g/mol. The van der Waals surface area contributed by atoms with E-state index in [1.807, 2.05) is 0 Å². The molecule has 0 aromatic carbocycles. The van der Waals surface area contributed by atoms with Crippen molar-refractivity contribution >= 4 is 20.8 Å². The Bertz CT molecular complexity index is 650. The molecule has 0 aliphatic heterocycles. The summed E-state index contributed by atoms with van der Waals surface area (Å²) in [5, 5.41) is 0. The van der Waals surface area contributed by atoms with Gasteiger partial charge in [-0.25, -0.2) is 16.8 Å². The predicted molar refractivity (Wildman–Crippen MR) is 163 cm³/mol. The van der Waals surface area contributed by atoms with Crippen molar-refractivity contribution in [2.45, 2.75) is 181 Å². The molecule has 0 rings (SSSR count). The van der Waals surface area contributed by atoms with E-state index in [1.54, 1.807) is 0 Å². The Hall–Kier alpha value is 2.38. The fourth-order valence-electron chi connectivity index (χ4n) is 4.56. The molecule has 0 spiro atoms. The molecule has 0 aromatic rings. The van der Waals surface area contributed by atoms with Gasteiger partial charge in [-0.2, -0.15) is 0 Å². The smallest absolute Gasteiger partial charge is 0.726 e. The second kappa shape index (κ2) is 39.6. The van der Waals surface area contributed by atoms with E-state index >= 15 is 0 Å². The molecular weight excluding hydrogens is 615 g/mol. The van der Waals surface area contributed by atoms with E-state index in [0.717, 1.165) is 25.7 Å². The topological polar surface area (TPSA) is 133 Å². The first-order chi connectivity index (χ1) is 19.1. The number of rotatable bonds is 30. The summed E-state index contributed by atoms with van der Waals surface area (Å²) in [6.45, 7) is 4.55. The van der Waals surface area contributed by atoms with Crippen LogP contribution in [-0.2, 0) is 29.2 Å².